The van der Waals surface area contributed by atoms with Crippen LogP contribution in [0.1, 0.15) is 25.7 Å². The van der Waals surface area contributed by atoms with Crippen molar-refractivity contribution >= 4 is 51.7 Å². The first-order chi connectivity index (χ1) is 18.5. The van der Waals surface area contributed by atoms with E-state index in [1.54, 1.807) is 24.9 Å². The molecule has 0 radical (unpaired) electrons. The van der Waals surface area contributed by atoms with Crippen LogP contribution in [-0.4, -0.2) is 71.3 Å². The van der Waals surface area contributed by atoms with Crippen molar-refractivity contribution < 1.29 is 23.4 Å². The molecule has 202 valence electrons. The van der Waals surface area contributed by atoms with Crippen molar-refractivity contribution in [3.8, 4) is 11.5 Å². The molecule has 3 heterocycles. The molecule has 2 saturated heterocycles. The van der Waals surface area contributed by atoms with Gasteiger partial charge in [0.05, 0.1) is 30.9 Å². The fourth-order valence-electron chi connectivity index (χ4n) is 4.72. The molecule has 1 unspecified atom stereocenters. The second-order valence-electron chi connectivity index (χ2n) is 9.32. The van der Waals surface area contributed by atoms with Gasteiger partial charge in [-0.2, -0.15) is 0 Å². The summed E-state index contributed by atoms with van der Waals surface area (Å²) < 4.78 is 30.3. The molecule has 8 nitrogen and oxygen atoms in total. The highest BCUT2D eigenvalue weighted by molar-refractivity contribution is 8.01. The summed E-state index contributed by atoms with van der Waals surface area (Å²) in [4.78, 5) is 22.9. The fourth-order valence-corrected chi connectivity index (χ4v) is 6.26. The molecule has 1 N–H and O–H groups in total. The minimum absolute atomic E-state index is 0.0235. The Morgan fingerprint density at radius 2 is 2.03 bits per heavy atom. The number of thioether (sulfide) groups is 1. The Morgan fingerprint density at radius 3 is 2.76 bits per heavy atom. The van der Waals surface area contributed by atoms with Crippen molar-refractivity contribution in [2.24, 2.45) is 0 Å². The minimum atomic E-state index is -0.482. The Morgan fingerprint density at radius 1 is 1.18 bits per heavy atom. The number of cyclic esters (lactones) is 1. The standard InChI is InChI=1S/C27H30ClFN4O4S/c1-35-23-14-19-22(30-16-31-26(19)32-17-3-4-21(29)20(28)13-17)15-24(23)36-11-2-8-33-9-5-18(6-10-33)38-25-7-12-37-27(25)34/h3-4,13-16,18,25H,2,5-12H2,1H3,(H,30,31,32). The molecule has 5 rings (SSSR count). The molecule has 1 aromatic heterocycles. The van der Waals surface area contributed by atoms with E-state index in [0.29, 0.717) is 47.0 Å². The smallest absolute Gasteiger partial charge is 0.319 e. The molecule has 1 atom stereocenters. The maximum Gasteiger partial charge on any atom is 0.319 e. The number of carbonyl (C=O) groups excluding carboxylic acids is 1. The van der Waals surface area contributed by atoms with Crippen LogP contribution in [0.3, 0.4) is 0 Å². The summed E-state index contributed by atoms with van der Waals surface area (Å²) >= 11 is 7.71. The third-order valence-corrected chi connectivity index (χ3v) is 8.66. The number of esters is 1. The molecule has 11 heteroatoms. The number of rotatable bonds is 10. The number of aromatic nitrogens is 2. The zero-order valence-electron chi connectivity index (χ0n) is 21.1. The van der Waals surface area contributed by atoms with Crippen LogP contribution in [-0.2, 0) is 9.53 Å². The van der Waals surface area contributed by atoms with Gasteiger partial charge in [-0.1, -0.05) is 11.6 Å². The zero-order chi connectivity index (χ0) is 26.5. The molecule has 38 heavy (non-hydrogen) atoms. The Labute approximate surface area is 230 Å². The van der Waals surface area contributed by atoms with E-state index in [1.807, 2.05) is 12.1 Å². The average molecular weight is 561 g/mol. The number of hydrogen-bond donors (Lipinski definition) is 1. The molecule has 0 bridgehead atoms. The lowest BCUT2D eigenvalue weighted by Gasteiger charge is -2.32. The van der Waals surface area contributed by atoms with Crippen molar-refractivity contribution in [2.75, 3.05) is 45.3 Å². The number of likely N-dealkylation sites (tertiary alicyclic amines) is 1. The van der Waals surface area contributed by atoms with E-state index in [4.69, 9.17) is 25.8 Å². The maximum atomic E-state index is 13.5. The van der Waals surface area contributed by atoms with E-state index < -0.39 is 5.82 Å². The van der Waals surface area contributed by atoms with Crippen molar-refractivity contribution in [1.82, 2.24) is 14.9 Å². The number of carbonyl (C=O) groups is 1. The second-order valence-corrected chi connectivity index (χ2v) is 11.2. The quantitative estimate of drug-likeness (QED) is 0.257. The summed E-state index contributed by atoms with van der Waals surface area (Å²) in [6.07, 6.45) is 5.37. The Balaban J connectivity index is 1.14. The van der Waals surface area contributed by atoms with Gasteiger partial charge in [0.25, 0.3) is 0 Å². The Kier molecular flexibility index (Phi) is 8.71. The highest BCUT2D eigenvalue weighted by atomic mass is 35.5. The van der Waals surface area contributed by atoms with Crippen LogP contribution in [0, 0.1) is 5.82 Å². The van der Waals surface area contributed by atoms with E-state index in [2.05, 4.69) is 20.2 Å². The van der Waals surface area contributed by atoms with Crippen LogP contribution in [0.2, 0.25) is 5.02 Å². The maximum absolute atomic E-state index is 13.5. The number of nitrogens with zero attached hydrogens (tertiary/aromatic N) is 3. The minimum Gasteiger partial charge on any atom is -0.493 e. The summed E-state index contributed by atoms with van der Waals surface area (Å²) in [6.45, 7) is 4.13. The lowest BCUT2D eigenvalue weighted by atomic mass is 10.1. The van der Waals surface area contributed by atoms with Gasteiger partial charge in [-0.25, -0.2) is 14.4 Å². The first kappa shape index (κ1) is 26.8. The number of halogens is 2. The molecule has 0 aliphatic carbocycles. The van der Waals surface area contributed by atoms with Crippen molar-refractivity contribution in [3.05, 3.63) is 47.5 Å². The number of hydrogen-bond acceptors (Lipinski definition) is 9. The van der Waals surface area contributed by atoms with E-state index in [9.17, 15) is 9.18 Å². The summed E-state index contributed by atoms with van der Waals surface area (Å²) in [5.41, 5.74) is 1.30. The number of methoxy groups -OCH3 is 1. The predicted octanol–water partition coefficient (Wildman–Crippen LogP) is 5.46. The van der Waals surface area contributed by atoms with Crippen LogP contribution < -0.4 is 14.8 Å². The number of fused-ring (bicyclic) bond motifs is 1. The first-order valence-corrected chi connectivity index (χ1v) is 14.0. The summed E-state index contributed by atoms with van der Waals surface area (Å²) in [7, 11) is 1.60. The Hall–Kier alpha value is -2.82. The van der Waals surface area contributed by atoms with Gasteiger partial charge >= 0.3 is 5.97 Å². The molecule has 2 aliphatic heterocycles. The van der Waals surface area contributed by atoms with Crippen molar-refractivity contribution in [1.29, 1.82) is 0 Å². The molecular weight excluding hydrogens is 531 g/mol. The highest BCUT2D eigenvalue weighted by Crippen LogP contribution is 2.35. The van der Waals surface area contributed by atoms with Gasteiger partial charge < -0.3 is 24.4 Å². The highest BCUT2D eigenvalue weighted by Gasteiger charge is 2.31. The molecule has 0 saturated carbocycles. The average Bonchev–Trinajstić information content (AvgIpc) is 3.33. The lowest BCUT2D eigenvalue weighted by molar-refractivity contribution is -0.137. The van der Waals surface area contributed by atoms with Gasteiger partial charge in [0.2, 0.25) is 0 Å². The zero-order valence-corrected chi connectivity index (χ0v) is 22.7. The van der Waals surface area contributed by atoms with Gasteiger partial charge in [0.15, 0.2) is 11.5 Å². The molecule has 0 amide bonds. The molecule has 3 aromatic rings. The number of benzene rings is 2. The number of piperidine rings is 1. The van der Waals surface area contributed by atoms with Crippen LogP contribution in [0.4, 0.5) is 15.9 Å². The van der Waals surface area contributed by atoms with E-state index >= 15 is 0 Å². The SMILES string of the molecule is COc1cc2c(Nc3ccc(F)c(Cl)c3)ncnc2cc1OCCCN1CCC(SC2CCOC2=O)CC1. The first-order valence-electron chi connectivity index (χ1n) is 12.7. The van der Waals surface area contributed by atoms with Gasteiger partial charge in [-0.05, 0) is 56.6 Å². The number of ether oxygens (including phenoxy) is 3. The third kappa shape index (κ3) is 6.42. The van der Waals surface area contributed by atoms with Gasteiger partial charge in [-0.3, -0.25) is 4.79 Å². The molecule has 2 aliphatic rings. The predicted molar refractivity (Wildman–Crippen MR) is 147 cm³/mol. The van der Waals surface area contributed by atoms with E-state index in [0.717, 1.165) is 50.7 Å². The molecular formula is C27H30ClFN4O4S. The largest absolute Gasteiger partial charge is 0.493 e. The van der Waals surface area contributed by atoms with Gasteiger partial charge in [0, 0.05) is 35.4 Å². The summed E-state index contributed by atoms with van der Waals surface area (Å²) in [6, 6.07) is 8.08. The molecule has 0 spiro atoms. The van der Waals surface area contributed by atoms with Crippen LogP contribution in [0.15, 0.2) is 36.7 Å². The summed E-state index contributed by atoms with van der Waals surface area (Å²) in [5.74, 6) is 1.22. The molecule has 2 aromatic carbocycles. The monoisotopic (exact) mass is 560 g/mol. The lowest BCUT2D eigenvalue weighted by Crippen LogP contribution is -2.36. The normalized spacial score (nSPS) is 18.5. The third-order valence-electron chi connectivity index (χ3n) is 6.76. The van der Waals surface area contributed by atoms with Gasteiger partial charge in [-0.15, -0.1) is 11.8 Å². The number of anilines is 2. The molecule has 2 fully saturated rings. The Bertz CT molecular complexity index is 1290. The second kappa shape index (κ2) is 12.4. The van der Waals surface area contributed by atoms with E-state index in [1.165, 1.54) is 18.5 Å². The van der Waals surface area contributed by atoms with Crippen LogP contribution in [0.5, 0.6) is 11.5 Å². The fraction of sp³-hybridized carbons (Fsp3) is 0.444. The summed E-state index contributed by atoms with van der Waals surface area (Å²) in [5, 5.41) is 4.49. The van der Waals surface area contributed by atoms with Crippen LogP contribution >= 0.6 is 23.4 Å². The van der Waals surface area contributed by atoms with E-state index in [-0.39, 0.29) is 16.2 Å². The van der Waals surface area contributed by atoms with Gasteiger partial charge in [0.1, 0.15) is 23.2 Å². The topological polar surface area (TPSA) is 85.8 Å². The van der Waals surface area contributed by atoms with Crippen molar-refractivity contribution in [2.45, 2.75) is 36.2 Å². The number of nitrogens with one attached hydrogen (secondary N) is 1. The van der Waals surface area contributed by atoms with Crippen molar-refractivity contribution in [3.63, 3.8) is 0 Å². The van der Waals surface area contributed by atoms with Crippen LogP contribution in [0.25, 0.3) is 10.9 Å².